The third kappa shape index (κ3) is 4.92. The second-order valence-corrected chi connectivity index (χ2v) is 10.9. The van der Waals surface area contributed by atoms with Crippen LogP contribution < -0.4 is 5.56 Å². The van der Waals surface area contributed by atoms with Crippen molar-refractivity contribution in [3.63, 3.8) is 0 Å². The van der Waals surface area contributed by atoms with Gasteiger partial charge >= 0.3 is 0 Å². The second kappa shape index (κ2) is 9.43. The summed E-state index contributed by atoms with van der Waals surface area (Å²) in [5.41, 5.74) is 2.22. The highest BCUT2D eigenvalue weighted by Crippen LogP contribution is 2.40. The van der Waals surface area contributed by atoms with Crippen LogP contribution in [0.1, 0.15) is 63.4 Å². The first-order chi connectivity index (χ1) is 16.7. The Labute approximate surface area is 211 Å². The van der Waals surface area contributed by atoms with Crippen LogP contribution >= 0.6 is 0 Å². The van der Waals surface area contributed by atoms with Crippen LogP contribution in [-0.2, 0) is 5.41 Å². The van der Waals surface area contributed by atoms with E-state index in [4.69, 9.17) is 13.1 Å². The maximum atomic E-state index is 13.7. The van der Waals surface area contributed by atoms with Crippen molar-refractivity contribution in [3.05, 3.63) is 73.8 Å². The molecule has 3 rings (SSSR count). The van der Waals surface area contributed by atoms with Crippen LogP contribution in [0.15, 0.2) is 33.2 Å². The van der Waals surface area contributed by atoms with Crippen molar-refractivity contribution in [1.29, 1.82) is 0 Å². The molecule has 0 amide bonds. The lowest BCUT2D eigenvalue weighted by Gasteiger charge is -2.33. The molecule has 0 aliphatic carbocycles. The molecule has 0 aliphatic rings. The minimum absolute atomic E-state index is 0.0485. The third-order valence-corrected chi connectivity index (χ3v) is 6.11. The van der Waals surface area contributed by atoms with Crippen molar-refractivity contribution in [1.82, 2.24) is 14.8 Å². The van der Waals surface area contributed by atoms with E-state index in [9.17, 15) is 9.90 Å². The molecule has 0 bridgehead atoms. The van der Waals surface area contributed by atoms with Crippen LogP contribution in [0.25, 0.3) is 15.4 Å². The van der Waals surface area contributed by atoms with Crippen LogP contribution in [0.4, 0.5) is 22.9 Å². The molecular formula is C27H31N7O2. The largest absolute Gasteiger partial charge is 0.502 e. The van der Waals surface area contributed by atoms with E-state index in [0.717, 1.165) is 22.1 Å². The van der Waals surface area contributed by atoms with E-state index >= 15 is 0 Å². The van der Waals surface area contributed by atoms with Crippen molar-refractivity contribution in [2.75, 3.05) is 0 Å². The number of nitrogens with zero attached hydrogens (tertiary/aromatic N) is 6. The number of azo groups is 1. The van der Waals surface area contributed by atoms with Crippen LogP contribution in [0, 0.1) is 39.3 Å². The molecule has 0 atom stereocenters. The molecule has 186 valence electrons. The fourth-order valence-corrected chi connectivity index (χ4v) is 4.63. The monoisotopic (exact) mass is 485 g/mol. The summed E-state index contributed by atoms with van der Waals surface area (Å²) in [6.07, 6.45) is 0.899. The van der Waals surface area contributed by atoms with Gasteiger partial charge in [0.05, 0.1) is 18.8 Å². The summed E-state index contributed by atoms with van der Waals surface area (Å²) in [5.74, 6) is -0.398. The summed E-state index contributed by atoms with van der Waals surface area (Å²) in [4.78, 5) is 20.5. The number of aromatic nitrogens is 3. The van der Waals surface area contributed by atoms with E-state index in [1.165, 1.54) is 6.92 Å². The van der Waals surface area contributed by atoms with Gasteiger partial charge in [-0.15, -0.1) is 10.2 Å². The fourth-order valence-electron chi connectivity index (χ4n) is 4.63. The van der Waals surface area contributed by atoms with Crippen LogP contribution in [0.2, 0.25) is 0 Å². The highest BCUT2D eigenvalue weighted by molar-refractivity contribution is 5.70. The molecule has 2 aromatic heterocycles. The summed E-state index contributed by atoms with van der Waals surface area (Å²) in [5, 5.41) is 25.8. The van der Waals surface area contributed by atoms with Crippen LogP contribution in [-0.4, -0.2) is 19.9 Å². The maximum Gasteiger partial charge on any atom is 0.283 e. The fraction of sp³-hybridized carbons (Fsp3) is 0.407. The molecule has 9 nitrogen and oxygen atoms in total. The summed E-state index contributed by atoms with van der Waals surface area (Å²) in [6.45, 7) is 30.9. The maximum absolute atomic E-state index is 13.7. The zero-order valence-electron chi connectivity index (χ0n) is 22.0. The number of aromatic amines is 1. The molecule has 36 heavy (non-hydrogen) atoms. The SMILES string of the molecule is [C-]#[N+]c1c(N=Nc2c(C)c([N+]#[C-])c(O)n(-c3cc(C(C)(C)CC(C)(C)C)ccc3C)c2=O)n[nH]c1C. The molecule has 0 saturated carbocycles. The van der Waals surface area contributed by atoms with Crippen molar-refractivity contribution < 1.29 is 5.11 Å². The first kappa shape index (κ1) is 26.4. The highest BCUT2D eigenvalue weighted by atomic mass is 16.3. The average molecular weight is 486 g/mol. The van der Waals surface area contributed by atoms with Gasteiger partial charge in [0.25, 0.3) is 16.9 Å². The second-order valence-electron chi connectivity index (χ2n) is 10.9. The van der Waals surface area contributed by atoms with Crippen LogP contribution in [0.3, 0.4) is 0 Å². The number of rotatable bonds is 5. The van der Waals surface area contributed by atoms with Crippen molar-refractivity contribution in [3.8, 4) is 11.6 Å². The van der Waals surface area contributed by atoms with Gasteiger partial charge < -0.3 is 5.11 Å². The molecule has 2 heterocycles. The van der Waals surface area contributed by atoms with E-state index in [2.05, 4.69) is 64.7 Å². The Morgan fingerprint density at radius 2 is 1.69 bits per heavy atom. The van der Waals surface area contributed by atoms with Gasteiger partial charge in [0.1, 0.15) is 5.69 Å². The lowest BCUT2D eigenvalue weighted by molar-refractivity contribution is 0.284. The Bertz CT molecular complexity index is 1500. The van der Waals surface area contributed by atoms with Gasteiger partial charge in [-0.25, -0.2) is 9.69 Å². The Balaban J connectivity index is 2.27. The minimum Gasteiger partial charge on any atom is -0.502 e. The number of pyridine rings is 1. The Morgan fingerprint density at radius 3 is 2.28 bits per heavy atom. The molecule has 3 aromatic rings. The lowest BCUT2D eigenvalue weighted by Crippen LogP contribution is -2.26. The highest BCUT2D eigenvalue weighted by Gasteiger charge is 2.29. The van der Waals surface area contributed by atoms with Gasteiger partial charge in [-0.2, -0.15) is 5.10 Å². The predicted molar refractivity (Wildman–Crippen MR) is 140 cm³/mol. The molecular weight excluding hydrogens is 454 g/mol. The van der Waals surface area contributed by atoms with Crippen molar-refractivity contribution >= 4 is 22.9 Å². The van der Waals surface area contributed by atoms with E-state index in [1.54, 1.807) is 6.92 Å². The normalized spacial score (nSPS) is 12.1. The number of nitrogens with one attached hydrogen (secondary N) is 1. The molecule has 0 unspecified atom stereocenters. The van der Waals surface area contributed by atoms with Gasteiger partial charge in [0.2, 0.25) is 11.7 Å². The average Bonchev–Trinajstić information content (AvgIpc) is 3.12. The predicted octanol–water partition coefficient (Wildman–Crippen LogP) is 7.42. The summed E-state index contributed by atoms with van der Waals surface area (Å²) in [6, 6.07) is 5.83. The molecule has 0 spiro atoms. The smallest absolute Gasteiger partial charge is 0.283 e. The molecule has 0 radical (unpaired) electrons. The molecule has 0 fully saturated rings. The van der Waals surface area contributed by atoms with Crippen LogP contribution in [0.5, 0.6) is 5.88 Å². The van der Waals surface area contributed by atoms with E-state index in [-0.39, 0.29) is 39.3 Å². The Kier molecular flexibility index (Phi) is 6.90. The molecule has 0 aliphatic heterocycles. The van der Waals surface area contributed by atoms with Gasteiger partial charge in [-0.3, -0.25) is 14.5 Å². The van der Waals surface area contributed by atoms with Crippen molar-refractivity contribution in [2.45, 2.75) is 67.2 Å². The Morgan fingerprint density at radius 1 is 1.06 bits per heavy atom. The molecule has 0 saturated heterocycles. The number of aryl methyl sites for hydroxylation is 2. The standard InChI is InChI=1S/C27H31N7O2/c1-15-11-12-18(27(7,8)14-26(4,5)6)13-19(15)34-24(35)20(28-9)16(2)21(25(34)36)31-33-23-22(29-10)17(3)30-32-23/h11-13,35H,14H2,1-8H3,(H,30,32). The van der Waals surface area contributed by atoms with Gasteiger partial charge in [0.15, 0.2) is 0 Å². The number of H-pyrrole nitrogens is 1. The van der Waals surface area contributed by atoms with E-state index in [0.29, 0.717) is 11.4 Å². The number of hydrogen-bond acceptors (Lipinski definition) is 5. The van der Waals surface area contributed by atoms with Gasteiger partial charge in [-0.05, 0) is 60.8 Å². The summed E-state index contributed by atoms with van der Waals surface area (Å²) >= 11 is 0. The van der Waals surface area contributed by atoms with Crippen molar-refractivity contribution in [2.24, 2.45) is 15.6 Å². The summed E-state index contributed by atoms with van der Waals surface area (Å²) in [7, 11) is 0. The number of benzene rings is 1. The lowest BCUT2D eigenvalue weighted by atomic mass is 9.72. The summed E-state index contributed by atoms with van der Waals surface area (Å²) < 4.78 is 1.12. The third-order valence-electron chi connectivity index (χ3n) is 6.11. The van der Waals surface area contributed by atoms with E-state index in [1.807, 2.05) is 25.1 Å². The molecule has 1 aromatic carbocycles. The number of hydrogen-bond donors (Lipinski definition) is 2. The Hall–Kier alpha value is -4.24. The first-order valence-corrected chi connectivity index (χ1v) is 11.5. The van der Waals surface area contributed by atoms with Gasteiger partial charge in [-0.1, -0.05) is 46.8 Å². The quantitative estimate of drug-likeness (QED) is 0.290. The first-order valence-electron chi connectivity index (χ1n) is 11.5. The zero-order chi connectivity index (χ0) is 27.0. The van der Waals surface area contributed by atoms with E-state index < -0.39 is 11.4 Å². The topological polar surface area (TPSA) is 104 Å². The van der Waals surface area contributed by atoms with Gasteiger partial charge in [0, 0.05) is 5.69 Å². The number of aromatic hydroxyl groups is 1. The zero-order valence-corrected chi connectivity index (χ0v) is 22.0. The minimum atomic E-state index is -0.619. The molecule has 9 heteroatoms. The molecule has 2 N–H and O–H groups in total.